The fraction of sp³-hybridized carbons (Fsp3) is 0.333. The first-order valence-electron chi connectivity index (χ1n) is 6.00. The van der Waals surface area contributed by atoms with Crippen molar-refractivity contribution in [1.82, 2.24) is 15.5 Å². The third-order valence-electron chi connectivity index (χ3n) is 2.43. The topological polar surface area (TPSA) is 81.2 Å². The molecule has 0 unspecified atom stereocenters. The zero-order valence-electron chi connectivity index (χ0n) is 11.2. The van der Waals surface area contributed by atoms with Crippen LogP contribution in [-0.2, 0) is 16.4 Å². The molecule has 0 saturated carbocycles. The molecular weight excluding hydrogens is 298 g/mol. The summed E-state index contributed by atoms with van der Waals surface area (Å²) in [5, 5.41) is 12.3. The van der Waals surface area contributed by atoms with Crippen LogP contribution in [0.4, 0.5) is 0 Å². The van der Waals surface area contributed by atoms with Gasteiger partial charge < -0.3 is 10.1 Å². The summed E-state index contributed by atoms with van der Waals surface area (Å²) in [5.74, 6) is 0.531. The Morgan fingerprint density at radius 1 is 1.25 bits per heavy atom. The number of benzene rings is 1. The number of ether oxygens (including phenoxy) is 1. The molecule has 8 heteroatoms. The van der Waals surface area contributed by atoms with Crippen molar-refractivity contribution in [3.05, 3.63) is 29.3 Å². The SMILES string of the molecule is CCNCc1nnc(Oc2ccc(S(C)(=O)=O)cc2)s1. The van der Waals surface area contributed by atoms with Gasteiger partial charge in [0.2, 0.25) is 0 Å². The van der Waals surface area contributed by atoms with Gasteiger partial charge in [-0.3, -0.25) is 0 Å². The number of hydrogen-bond donors (Lipinski definition) is 1. The van der Waals surface area contributed by atoms with E-state index in [4.69, 9.17) is 4.74 Å². The van der Waals surface area contributed by atoms with Crippen molar-refractivity contribution < 1.29 is 13.2 Å². The lowest BCUT2D eigenvalue weighted by Gasteiger charge is -2.02. The first-order chi connectivity index (χ1) is 9.49. The summed E-state index contributed by atoms with van der Waals surface area (Å²) in [6.07, 6.45) is 1.17. The minimum Gasteiger partial charge on any atom is -0.430 e. The van der Waals surface area contributed by atoms with Crippen LogP contribution in [0.1, 0.15) is 11.9 Å². The Morgan fingerprint density at radius 3 is 2.55 bits per heavy atom. The normalized spacial score (nSPS) is 11.5. The molecule has 1 aromatic carbocycles. The summed E-state index contributed by atoms with van der Waals surface area (Å²) >= 11 is 1.35. The number of nitrogens with one attached hydrogen (secondary N) is 1. The molecule has 0 radical (unpaired) electrons. The van der Waals surface area contributed by atoms with E-state index < -0.39 is 9.84 Å². The van der Waals surface area contributed by atoms with Gasteiger partial charge in [0.1, 0.15) is 10.8 Å². The molecule has 2 aromatic rings. The first-order valence-corrected chi connectivity index (χ1v) is 8.71. The quantitative estimate of drug-likeness (QED) is 0.876. The predicted molar refractivity (Wildman–Crippen MR) is 76.9 cm³/mol. The van der Waals surface area contributed by atoms with Crippen LogP contribution >= 0.6 is 11.3 Å². The lowest BCUT2D eigenvalue weighted by atomic mass is 10.3. The molecular formula is C12H15N3O3S2. The summed E-state index contributed by atoms with van der Waals surface area (Å²) in [7, 11) is -3.19. The Hall–Kier alpha value is -1.51. The molecule has 0 aliphatic rings. The molecule has 0 atom stereocenters. The second-order valence-electron chi connectivity index (χ2n) is 4.09. The van der Waals surface area contributed by atoms with Gasteiger partial charge in [0.25, 0.3) is 5.19 Å². The molecule has 0 fully saturated rings. The smallest absolute Gasteiger partial charge is 0.299 e. The minimum atomic E-state index is -3.19. The Kier molecular flexibility index (Phi) is 4.69. The van der Waals surface area contributed by atoms with Crippen molar-refractivity contribution in [2.24, 2.45) is 0 Å². The lowest BCUT2D eigenvalue weighted by molar-refractivity contribution is 0.472. The van der Waals surface area contributed by atoms with Gasteiger partial charge >= 0.3 is 0 Å². The van der Waals surface area contributed by atoms with Crippen LogP contribution in [0.5, 0.6) is 10.9 Å². The summed E-state index contributed by atoms with van der Waals surface area (Å²) in [6, 6.07) is 6.21. The van der Waals surface area contributed by atoms with Gasteiger partial charge in [0, 0.05) is 12.8 Å². The summed E-state index contributed by atoms with van der Waals surface area (Å²) in [4.78, 5) is 0.259. The fourth-order valence-electron chi connectivity index (χ4n) is 1.44. The molecule has 0 saturated heterocycles. The predicted octanol–water partition coefficient (Wildman–Crippen LogP) is 1.84. The van der Waals surface area contributed by atoms with Gasteiger partial charge in [0.05, 0.1) is 4.90 Å². The van der Waals surface area contributed by atoms with Crippen LogP contribution in [0.2, 0.25) is 0 Å². The molecule has 1 aromatic heterocycles. The second-order valence-corrected chi connectivity index (χ2v) is 7.13. The van der Waals surface area contributed by atoms with Crippen molar-refractivity contribution in [1.29, 1.82) is 0 Å². The number of aromatic nitrogens is 2. The molecule has 0 spiro atoms. The lowest BCUT2D eigenvalue weighted by Crippen LogP contribution is -2.11. The van der Waals surface area contributed by atoms with Crippen molar-refractivity contribution >= 4 is 21.2 Å². The third-order valence-corrected chi connectivity index (χ3v) is 4.36. The van der Waals surface area contributed by atoms with Crippen LogP contribution in [-0.4, -0.2) is 31.4 Å². The Balaban J connectivity index is 2.05. The van der Waals surface area contributed by atoms with E-state index in [1.165, 1.54) is 29.7 Å². The van der Waals surface area contributed by atoms with Crippen molar-refractivity contribution in [3.8, 4) is 10.9 Å². The van der Waals surface area contributed by atoms with Crippen LogP contribution in [0.3, 0.4) is 0 Å². The van der Waals surface area contributed by atoms with Gasteiger partial charge in [-0.1, -0.05) is 23.4 Å². The molecule has 0 bridgehead atoms. The van der Waals surface area contributed by atoms with Gasteiger partial charge in [-0.05, 0) is 30.8 Å². The van der Waals surface area contributed by atoms with Gasteiger partial charge in [-0.15, -0.1) is 5.10 Å². The average molecular weight is 313 g/mol. The van der Waals surface area contributed by atoms with E-state index in [9.17, 15) is 8.42 Å². The van der Waals surface area contributed by atoms with Gasteiger partial charge in [-0.2, -0.15) is 0 Å². The zero-order chi connectivity index (χ0) is 14.6. The molecule has 0 aliphatic heterocycles. The maximum Gasteiger partial charge on any atom is 0.299 e. The van der Waals surface area contributed by atoms with Crippen molar-refractivity contribution in [2.75, 3.05) is 12.8 Å². The number of nitrogens with zero attached hydrogens (tertiary/aromatic N) is 2. The monoisotopic (exact) mass is 313 g/mol. The Bertz CT molecular complexity index is 666. The van der Waals surface area contributed by atoms with Gasteiger partial charge in [-0.25, -0.2) is 8.42 Å². The largest absolute Gasteiger partial charge is 0.430 e. The number of sulfone groups is 1. The maximum absolute atomic E-state index is 11.3. The van der Waals surface area contributed by atoms with Crippen LogP contribution in [0.25, 0.3) is 0 Å². The van der Waals surface area contributed by atoms with E-state index in [2.05, 4.69) is 15.5 Å². The number of hydrogen-bond acceptors (Lipinski definition) is 7. The zero-order valence-corrected chi connectivity index (χ0v) is 12.8. The molecule has 20 heavy (non-hydrogen) atoms. The highest BCUT2D eigenvalue weighted by molar-refractivity contribution is 7.90. The number of rotatable bonds is 6. The highest BCUT2D eigenvalue weighted by atomic mass is 32.2. The first kappa shape index (κ1) is 14.9. The van der Waals surface area contributed by atoms with Crippen molar-refractivity contribution in [2.45, 2.75) is 18.4 Å². The molecule has 1 N–H and O–H groups in total. The summed E-state index contributed by atoms with van der Waals surface area (Å²) < 4.78 is 28.2. The van der Waals surface area contributed by atoms with Crippen LogP contribution in [0.15, 0.2) is 29.2 Å². The minimum absolute atomic E-state index is 0.259. The Morgan fingerprint density at radius 2 is 1.95 bits per heavy atom. The highest BCUT2D eigenvalue weighted by Crippen LogP contribution is 2.25. The molecule has 0 aliphatic carbocycles. The fourth-order valence-corrected chi connectivity index (χ4v) is 2.75. The van der Waals surface area contributed by atoms with E-state index >= 15 is 0 Å². The molecule has 108 valence electrons. The highest BCUT2D eigenvalue weighted by Gasteiger charge is 2.09. The maximum atomic E-state index is 11.3. The van der Waals surface area contributed by atoms with Crippen molar-refractivity contribution in [3.63, 3.8) is 0 Å². The second kappa shape index (κ2) is 6.29. The standard InChI is InChI=1S/C12H15N3O3S2/c1-3-13-8-11-14-15-12(19-11)18-9-4-6-10(7-5-9)20(2,16)17/h4-7,13H,3,8H2,1-2H3. The third kappa shape index (κ3) is 3.99. The summed E-state index contributed by atoms with van der Waals surface area (Å²) in [5.41, 5.74) is 0. The van der Waals surface area contributed by atoms with Crippen LogP contribution < -0.4 is 10.1 Å². The summed E-state index contributed by atoms with van der Waals surface area (Å²) in [6.45, 7) is 3.54. The van der Waals surface area contributed by atoms with E-state index in [-0.39, 0.29) is 4.90 Å². The van der Waals surface area contributed by atoms with E-state index in [0.29, 0.717) is 17.5 Å². The molecule has 2 rings (SSSR count). The molecule has 1 heterocycles. The van der Waals surface area contributed by atoms with Crippen LogP contribution in [0, 0.1) is 0 Å². The van der Waals surface area contributed by atoms with E-state index in [0.717, 1.165) is 11.6 Å². The molecule has 6 nitrogen and oxygen atoms in total. The van der Waals surface area contributed by atoms with E-state index in [1.807, 2.05) is 6.92 Å². The Labute approximate surface area is 121 Å². The van der Waals surface area contributed by atoms with Gasteiger partial charge in [0.15, 0.2) is 9.84 Å². The van der Waals surface area contributed by atoms with E-state index in [1.54, 1.807) is 12.1 Å². The molecule has 0 amide bonds. The average Bonchev–Trinajstić information content (AvgIpc) is 2.83.